The van der Waals surface area contributed by atoms with E-state index in [-0.39, 0.29) is 5.97 Å². The zero-order valence-electron chi connectivity index (χ0n) is 14.5. The van der Waals surface area contributed by atoms with Crippen LogP contribution in [0, 0.1) is 5.41 Å². The SMILES string of the molecule is CON=Cc1c(N)ncnc1N1CCN(OC(=O)C(C)(C)C)CC1. The van der Waals surface area contributed by atoms with E-state index in [4.69, 9.17) is 15.4 Å². The van der Waals surface area contributed by atoms with E-state index in [2.05, 4.69) is 20.0 Å². The molecule has 1 aromatic heterocycles. The molecular formula is C15H24N6O3. The number of nitrogen functional groups attached to an aromatic ring is 1. The van der Waals surface area contributed by atoms with Crippen LogP contribution >= 0.6 is 0 Å². The summed E-state index contributed by atoms with van der Waals surface area (Å²) in [4.78, 5) is 32.4. The van der Waals surface area contributed by atoms with Gasteiger partial charge in [0, 0.05) is 13.1 Å². The first-order valence-electron chi connectivity index (χ1n) is 7.72. The number of hydrogen-bond donors (Lipinski definition) is 1. The average Bonchev–Trinajstić information content (AvgIpc) is 2.53. The smallest absolute Gasteiger partial charge is 0.330 e. The molecular weight excluding hydrogens is 312 g/mol. The van der Waals surface area contributed by atoms with Crippen LogP contribution in [0.4, 0.5) is 11.6 Å². The van der Waals surface area contributed by atoms with Crippen molar-refractivity contribution in [2.24, 2.45) is 10.6 Å². The molecule has 1 saturated heterocycles. The Morgan fingerprint density at radius 2 is 1.96 bits per heavy atom. The second-order valence-corrected chi connectivity index (χ2v) is 6.46. The van der Waals surface area contributed by atoms with Gasteiger partial charge in [-0.05, 0) is 20.8 Å². The molecule has 1 aliphatic heterocycles. The molecule has 1 aliphatic rings. The van der Waals surface area contributed by atoms with Gasteiger partial charge in [-0.1, -0.05) is 5.16 Å². The number of nitrogens with zero attached hydrogens (tertiary/aromatic N) is 5. The van der Waals surface area contributed by atoms with Crippen molar-refractivity contribution in [1.82, 2.24) is 15.0 Å². The highest BCUT2D eigenvalue weighted by Gasteiger charge is 2.28. The minimum atomic E-state index is -0.526. The Labute approximate surface area is 141 Å². The Kier molecular flexibility index (Phi) is 5.55. The molecule has 0 bridgehead atoms. The van der Waals surface area contributed by atoms with E-state index in [1.165, 1.54) is 19.7 Å². The Hall–Kier alpha value is -2.42. The molecule has 0 atom stereocenters. The molecule has 0 radical (unpaired) electrons. The lowest BCUT2D eigenvalue weighted by atomic mass is 9.98. The van der Waals surface area contributed by atoms with Crippen molar-refractivity contribution in [3.05, 3.63) is 11.9 Å². The maximum absolute atomic E-state index is 12.0. The minimum absolute atomic E-state index is 0.241. The summed E-state index contributed by atoms with van der Waals surface area (Å²) >= 11 is 0. The molecule has 2 heterocycles. The first-order valence-corrected chi connectivity index (χ1v) is 7.72. The van der Waals surface area contributed by atoms with Gasteiger partial charge in [-0.2, -0.15) is 0 Å². The molecule has 9 nitrogen and oxygen atoms in total. The summed E-state index contributed by atoms with van der Waals surface area (Å²) < 4.78 is 0. The molecule has 0 unspecified atom stereocenters. The standard InChI is InChI=1S/C15H24N6O3/c1-15(2,3)14(22)24-21-7-5-20(6-8-21)13-11(9-19-23-4)12(16)17-10-18-13/h9-10H,5-8H2,1-4H3,(H2,16,17,18). The predicted molar refractivity (Wildman–Crippen MR) is 90.4 cm³/mol. The van der Waals surface area contributed by atoms with Crippen molar-refractivity contribution in [1.29, 1.82) is 0 Å². The lowest BCUT2D eigenvalue weighted by molar-refractivity contribution is -0.201. The fourth-order valence-corrected chi connectivity index (χ4v) is 2.13. The summed E-state index contributed by atoms with van der Waals surface area (Å²) in [5, 5.41) is 5.43. The Morgan fingerprint density at radius 3 is 2.54 bits per heavy atom. The lowest BCUT2D eigenvalue weighted by Crippen LogP contribution is -2.48. The number of aromatic nitrogens is 2. The molecule has 0 amide bonds. The molecule has 1 fully saturated rings. The fourth-order valence-electron chi connectivity index (χ4n) is 2.13. The van der Waals surface area contributed by atoms with E-state index in [0.29, 0.717) is 43.4 Å². The Balaban J connectivity index is 2.04. The van der Waals surface area contributed by atoms with E-state index in [0.717, 1.165) is 0 Å². The van der Waals surface area contributed by atoms with Crippen LogP contribution in [-0.4, -0.2) is 60.5 Å². The predicted octanol–water partition coefficient (Wildman–Crippen LogP) is 0.665. The number of rotatable bonds is 4. The van der Waals surface area contributed by atoms with E-state index in [1.54, 1.807) is 5.06 Å². The van der Waals surface area contributed by atoms with Gasteiger partial charge in [-0.3, -0.25) is 0 Å². The van der Waals surface area contributed by atoms with E-state index in [9.17, 15) is 4.79 Å². The van der Waals surface area contributed by atoms with Crippen molar-refractivity contribution >= 4 is 23.8 Å². The van der Waals surface area contributed by atoms with Gasteiger partial charge in [-0.15, -0.1) is 5.06 Å². The number of hydroxylamine groups is 2. The van der Waals surface area contributed by atoms with Gasteiger partial charge in [0.2, 0.25) is 0 Å². The van der Waals surface area contributed by atoms with Crippen molar-refractivity contribution < 1.29 is 14.5 Å². The molecule has 9 heteroatoms. The lowest BCUT2D eigenvalue weighted by Gasteiger charge is -2.35. The Morgan fingerprint density at radius 1 is 1.29 bits per heavy atom. The zero-order valence-corrected chi connectivity index (χ0v) is 14.5. The quantitative estimate of drug-likeness (QED) is 0.631. The van der Waals surface area contributed by atoms with Gasteiger partial charge in [0.25, 0.3) is 0 Å². The van der Waals surface area contributed by atoms with Gasteiger partial charge >= 0.3 is 5.97 Å². The minimum Gasteiger partial charge on any atom is -0.399 e. The van der Waals surface area contributed by atoms with Crippen LogP contribution < -0.4 is 10.6 Å². The first-order chi connectivity index (χ1) is 11.3. The number of hydrogen-bond acceptors (Lipinski definition) is 9. The van der Waals surface area contributed by atoms with Gasteiger partial charge in [0.15, 0.2) is 0 Å². The zero-order chi connectivity index (χ0) is 17.7. The highest BCUT2D eigenvalue weighted by molar-refractivity contribution is 5.91. The summed E-state index contributed by atoms with van der Waals surface area (Å²) in [6, 6.07) is 0. The third-order valence-corrected chi connectivity index (χ3v) is 3.54. The largest absolute Gasteiger partial charge is 0.399 e. The van der Waals surface area contributed by atoms with E-state index >= 15 is 0 Å². The summed E-state index contributed by atoms with van der Waals surface area (Å²) in [5.74, 6) is 0.780. The number of oxime groups is 1. The highest BCUT2D eigenvalue weighted by atomic mass is 16.7. The van der Waals surface area contributed by atoms with E-state index in [1.807, 2.05) is 20.8 Å². The average molecular weight is 336 g/mol. The molecule has 0 spiro atoms. The van der Waals surface area contributed by atoms with E-state index < -0.39 is 5.41 Å². The summed E-state index contributed by atoms with van der Waals surface area (Å²) in [6.07, 6.45) is 2.91. The maximum atomic E-state index is 12.0. The molecule has 24 heavy (non-hydrogen) atoms. The third kappa shape index (κ3) is 4.31. The highest BCUT2D eigenvalue weighted by Crippen LogP contribution is 2.22. The monoisotopic (exact) mass is 336 g/mol. The van der Waals surface area contributed by atoms with Crippen LogP contribution in [-0.2, 0) is 14.5 Å². The second kappa shape index (κ2) is 7.43. The number of anilines is 2. The fraction of sp³-hybridized carbons (Fsp3) is 0.600. The number of piperazine rings is 1. The topological polar surface area (TPSA) is 106 Å². The van der Waals surface area contributed by atoms with Crippen LogP contribution in [0.15, 0.2) is 11.5 Å². The third-order valence-electron chi connectivity index (χ3n) is 3.54. The van der Waals surface area contributed by atoms with Crippen LogP contribution in [0.2, 0.25) is 0 Å². The van der Waals surface area contributed by atoms with Gasteiger partial charge in [-0.25, -0.2) is 14.8 Å². The summed E-state index contributed by atoms with van der Waals surface area (Å²) in [5.41, 5.74) is 5.99. The first kappa shape index (κ1) is 17.9. The molecule has 2 N–H and O–H groups in total. The summed E-state index contributed by atoms with van der Waals surface area (Å²) in [7, 11) is 1.46. The van der Waals surface area contributed by atoms with Crippen molar-refractivity contribution in [2.75, 3.05) is 43.9 Å². The molecule has 132 valence electrons. The van der Waals surface area contributed by atoms with Crippen LogP contribution in [0.5, 0.6) is 0 Å². The molecule has 1 aromatic rings. The molecule has 2 rings (SSSR count). The summed E-state index contributed by atoms with van der Waals surface area (Å²) in [6.45, 7) is 7.92. The van der Waals surface area contributed by atoms with Gasteiger partial charge < -0.3 is 20.3 Å². The van der Waals surface area contributed by atoms with Crippen molar-refractivity contribution in [3.8, 4) is 0 Å². The van der Waals surface area contributed by atoms with Crippen LogP contribution in [0.1, 0.15) is 26.3 Å². The van der Waals surface area contributed by atoms with Crippen LogP contribution in [0.25, 0.3) is 0 Å². The maximum Gasteiger partial charge on any atom is 0.330 e. The number of carbonyl (C=O) groups excluding carboxylic acids is 1. The van der Waals surface area contributed by atoms with Crippen LogP contribution in [0.3, 0.4) is 0 Å². The van der Waals surface area contributed by atoms with Gasteiger partial charge in [0.1, 0.15) is 25.1 Å². The second-order valence-electron chi connectivity index (χ2n) is 6.46. The number of nitrogens with two attached hydrogens (primary N) is 1. The normalized spacial score (nSPS) is 16.4. The van der Waals surface area contributed by atoms with Gasteiger partial charge in [0.05, 0.1) is 30.3 Å². The van der Waals surface area contributed by atoms with Crippen molar-refractivity contribution in [2.45, 2.75) is 20.8 Å². The molecule has 0 aliphatic carbocycles. The Bertz CT molecular complexity index is 606. The van der Waals surface area contributed by atoms with Crippen molar-refractivity contribution in [3.63, 3.8) is 0 Å². The number of carbonyl (C=O) groups is 1. The molecule has 0 aromatic carbocycles. The molecule has 0 saturated carbocycles.